The van der Waals surface area contributed by atoms with Crippen LogP contribution in [0.25, 0.3) is 0 Å². The first-order valence-corrected chi connectivity index (χ1v) is 6.56. The number of rotatable bonds is 2. The van der Waals surface area contributed by atoms with E-state index in [1.54, 1.807) is 4.90 Å². The number of hydrogen-bond acceptors (Lipinski definition) is 2. The van der Waals surface area contributed by atoms with E-state index in [-0.39, 0.29) is 18.4 Å². The number of carbonyl (C=O) groups is 2. The van der Waals surface area contributed by atoms with Crippen molar-refractivity contribution in [2.45, 2.75) is 19.4 Å². The van der Waals surface area contributed by atoms with Gasteiger partial charge in [0.25, 0.3) is 0 Å². The van der Waals surface area contributed by atoms with Crippen molar-refractivity contribution in [1.29, 1.82) is 0 Å². The van der Waals surface area contributed by atoms with Crippen molar-refractivity contribution in [2.75, 3.05) is 11.4 Å². The fourth-order valence-corrected chi connectivity index (χ4v) is 2.31. The Balaban J connectivity index is 2.35. The van der Waals surface area contributed by atoms with E-state index in [0.717, 1.165) is 9.26 Å². The molecule has 0 aromatic heterocycles. The first-order chi connectivity index (χ1) is 8.13. The van der Waals surface area contributed by atoms with Crippen LogP contribution >= 0.6 is 22.6 Å². The summed E-state index contributed by atoms with van der Waals surface area (Å²) in [7, 11) is 0. The molecule has 1 aromatic carbocycles. The lowest BCUT2D eigenvalue weighted by Crippen LogP contribution is -2.58. The van der Waals surface area contributed by atoms with Crippen LogP contribution in [-0.2, 0) is 9.59 Å². The summed E-state index contributed by atoms with van der Waals surface area (Å²) in [4.78, 5) is 25.2. The van der Waals surface area contributed by atoms with Gasteiger partial charge in [0.15, 0.2) is 0 Å². The Bertz CT molecular complexity index is 444. The molecule has 0 spiro atoms. The van der Waals surface area contributed by atoms with E-state index < -0.39 is 6.04 Å². The zero-order valence-corrected chi connectivity index (χ0v) is 11.6. The second-order valence-corrected chi connectivity index (χ2v) is 5.13. The molecule has 1 N–H and O–H groups in total. The van der Waals surface area contributed by atoms with Crippen LogP contribution < -0.4 is 10.2 Å². The first kappa shape index (κ1) is 12.3. The van der Waals surface area contributed by atoms with Crippen molar-refractivity contribution < 1.29 is 9.59 Å². The van der Waals surface area contributed by atoms with Gasteiger partial charge in [-0.1, -0.05) is 6.92 Å². The number of hydrogen-bond donors (Lipinski definition) is 1. The van der Waals surface area contributed by atoms with Crippen LogP contribution in [0.15, 0.2) is 24.3 Å². The number of nitrogens with zero attached hydrogens (tertiary/aromatic N) is 1. The minimum Gasteiger partial charge on any atom is -0.345 e. The quantitative estimate of drug-likeness (QED) is 0.828. The molecular formula is C12H13IN2O2. The smallest absolute Gasteiger partial charge is 0.247 e. The molecule has 90 valence electrons. The molecule has 0 aliphatic carbocycles. The SMILES string of the molecule is CCC1C(=O)NCC(=O)N1c1ccc(I)cc1. The predicted molar refractivity (Wildman–Crippen MR) is 73.7 cm³/mol. The molecular weight excluding hydrogens is 331 g/mol. The van der Waals surface area contributed by atoms with Gasteiger partial charge in [-0.3, -0.25) is 14.5 Å². The number of nitrogens with one attached hydrogen (secondary N) is 1. The van der Waals surface area contributed by atoms with Gasteiger partial charge in [0.1, 0.15) is 6.04 Å². The maximum atomic E-state index is 11.9. The molecule has 1 heterocycles. The van der Waals surface area contributed by atoms with Crippen LogP contribution in [0.4, 0.5) is 5.69 Å². The molecule has 2 rings (SSSR count). The van der Waals surface area contributed by atoms with E-state index in [0.29, 0.717) is 6.42 Å². The van der Waals surface area contributed by atoms with Crippen molar-refractivity contribution in [3.05, 3.63) is 27.8 Å². The highest BCUT2D eigenvalue weighted by Gasteiger charge is 2.33. The third-order valence-corrected chi connectivity index (χ3v) is 3.51. The van der Waals surface area contributed by atoms with E-state index in [4.69, 9.17) is 0 Å². The predicted octanol–water partition coefficient (Wildman–Crippen LogP) is 1.53. The summed E-state index contributed by atoms with van der Waals surface area (Å²) < 4.78 is 1.10. The number of anilines is 1. The molecule has 0 saturated carbocycles. The summed E-state index contributed by atoms with van der Waals surface area (Å²) in [5.41, 5.74) is 0.789. The minimum absolute atomic E-state index is 0.0577. The van der Waals surface area contributed by atoms with E-state index in [1.807, 2.05) is 31.2 Å². The molecule has 1 unspecified atom stereocenters. The average Bonchev–Trinajstić information content (AvgIpc) is 2.33. The van der Waals surface area contributed by atoms with E-state index in [9.17, 15) is 9.59 Å². The van der Waals surface area contributed by atoms with E-state index in [1.165, 1.54) is 0 Å². The van der Waals surface area contributed by atoms with Crippen LogP contribution in [0.1, 0.15) is 13.3 Å². The lowest BCUT2D eigenvalue weighted by atomic mass is 10.1. The van der Waals surface area contributed by atoms with Gasteiger partial charge >= 0.3 is 0 Å². The number of carbonyl (C=O) groups excluding carboxylic acids is 2. The van der Waals surface area contributed by atoms with Crippen molar-refractivity contribution >= 4 is 40.1 Å². The fourth-order valence-electron chi connectivity index (χ4n) is 1.95. The summed E-state index contributed by atoms with van der Waals surface area (Å²) in [6, 6.07) is 7.23. The largest absolute Gasteiger partial charge is 0.345 e. The van der Waals surface area contributed by atoms with Crippen molar-refractivity contribution in [1.82, 2.24) is 5.32 Å². The lowest BCUT2D eigenvalue weighted by Gasteiger charge is -2.34. The topological polar surface area (TPSA) is 49.4 Å². The second kappa shape index (κ2) is 5.03. The number of piperazine rings is 1. The van der Waals surface area contributed by atoms with Crippen LogP contribution in [0, 0.1) is 3.57 Å². The fraction of sp³-hybridized carbons (Fsp3) is 0.333. The van der Waals surface area contributed by atoms with E-state index >= 15 is 0 Å². The molecule has 1 atom stereocenters. The molecule has 5 heteroatoms. The number of amides is 2. The monoisotopic (exact) mass is 344 g/mol. The summed E-state index contributed by atoms with van der Waals surface area (Å²) in [5.74, 6) is -0.136. The minimum atomic E-state index is -0.392. The molecule has 2 amide bonds. The third-order valence-electron chi connectivity index (χ3n) is 2.79. The maximum absolute atomic E-state index is 11.9. The van der Waals surface area contributed by atoms with Gasteiger partial charge in [0.05, 0.1) is 6.54 Å². The molecule has 1 aromatic rings. The van der Waals surface area contributed by atoms with Crippen LogP contribution in [-0.4, -0.2) is 24.4 Å². The normalized spacial score (nSPS) is 20.4. The first-order valence-electron chi connectivity index (χ1n) is 5.49. The zero-order chi connectivity index (χ0) is 12.4. The molecule has 0 bridgehead atoms. The Morgan fingerprint density at radius 1 is 1.35 bits per heavy atom. The van der Waals surface area contributed by atoms with Gasteiger partial charge in [0.2, 0.25) is 11.8 Å². The lowest BCUT2D eigenvalue weighted by molar-refractivity contribution is -0.131. The van der Waals surface area contributed by atoms with Crippen LogP contribution in [0.3, 0.4) is 0 Å². The summed E-state index contributed by atoms with van der Waals surface area (Å²) in [5, 5.41) is 2.61. The van der Waals surface area contributed by atoms with Crippen molar-refractivity contribution in [3.8, 4) is 0 Å². The molecule has 17 heavy (non-hydrogen) atoms. The van der Waals surface area contributed by atoms with Gasteiger partial charge in [0, 0.05) is 9.26 Å². The highest BCUT2D eigenvalue weighted by atomic mass is 127. The van der Waals surface area contributed by atoms with Gasteiger partial charge in [-0.05, 0) is 53.3 Å². The Morgan fingerprint density at radius 3 is 2.59 bits per heavy atom. The highest BCUT2D eigenvalue weighted by molar-refractivity contribution is 14.1. The Labute approximate surface area is 114 Å². The van der Waals surface area contributed by atoms with Crippen molar-refractivity contribution in [3.63, 3.8) is 0 Å². The molecule has 1 aliphatic heterocycles. The van der Waals surface area contributed by atoms with Gasteiger partial charge < -0.3 is 5.32 Å². The molecule has 4 nitrogen and oxygen atoms in total. The Kier molecular flexibility index (Phi) is 3.66. The van der Waals surface area contributed by atoms with Gasteiger partial charge in [-0.2, -0.15) is 0 Å². The van der Waals surface area contributed by atoms with Crippen molar-refractivity contribution in [2.24, 2.45) is 0 Å². The standard InChI is InChI=1S/C12H13IN2O2/c1-2-10-12(17)14-7-11(16)15(10)9-5-3-8(13)4-6-9/h3-6,10H,2,7H2,1H3,(H,14,17). The zero-order valence-electron chi connectivity index (χ0n) is 9.44. The Morgan fingerprint density at radius 2 is 2.00 bits per heavy atom. The van der Waals surface area contributed by atoms with Gasteiger partial charge in [-0.15, -0.1) is 0 Å². The number of halogens is 1. The summed E-state index contributed by atoms with van der Waals surface area (Å²) in [6.07, 6.45) is 0.615. The molecule has 1 fully saturated rings. The molecule has 1 saturated heterocycles. The summed E-state index contributed by atoms with van der Waals surface area (Å²) >= 11 is 2.21. The summed E-state index contributed by atoms with van der Waals surface area (Å²) in [6.45, 7) is 1.99. The van der Waals surface area contributed by atoms with Crippen LogP contribution in [0.5, 0.6) is 0 Å². The molecule has 1 aliphatic rings. The second-order valence-electron chi connectivity index (χ2n) is 3.88. The highest BCUT2D eigenvalue weighted by Crippen LogP contribution is 2.22. The molecule has 0 radical (unpaired) electrons. The maximum Gasteiger partial charge on any atom is 0.247 e. The average molecular weight is 344 g/mol. The third kappa shape index (κ3) is 2.43. The van der Waals surface area contributed by atoms with Crippen LogP contribution in [0.2, 0.25) is 0 Å². The van der Waals surface area contributed by atoms with Gasteiger partial charge in [-0.25, -0.2) is 0 Å². The number of benzene rings is 1. The van der Waals surface area contributed by atoms with E-state index in [2.05, 4.69) is 27.9 Å². The Hall–Kier alpha value is -1.11.